The van der Waals surface area contributed by atoms with Crippen LogP contribution in [0, 0.1) is 0 Å². The van der Waals surface area contributed by atoms with Crippen molar-refractivity contribution in [3.05, 3.63) is 115 Å². The fourth-order valence-corrected chi connectivity index (χ4v) is 3.85. The van der Waals surface area contributed by atoms with E-state index in [4.69, 9.17) is 23.3 Å². The molecule has 6 aromatic rings. The van der Waals surface area contributed by atoms with Crippen LogP contribution in [-0.4, -0.2) is 17.2 Å². The van der Waals surface area contributed by atoms with Crippen molar-refractivity contribution in [2.24, 2.45) is 0 Å². The molecule has 0 aromatic heterocycles. The van der Waals surface area contributed by atoms with Gasteiger partial charge in [-0.2, -0.15) is 0 Å². The first-order valence-corrected chi connectivity index (χ1v) is 9.56. The average Bonchev–Trinajstić information content (AvgIpc) is 3.11. The van der Waals surface area contributed by atoms with Crippen LogP contribution in [0.15, 0.2) is 115 Å². The van der Waals surface area contributed by atoms with Crippen LogP contribution in [-0.2, 0) is 0 Å². The van der Waals surface area contributed by atoms with Crippen LogP contribution in [0.1, 0.15) is 26.0 Å². The summed E-state index contributed by atoms with van der Waals surface area (Å²) in [4.78, 5) is 0. The van der Waals surface area contributed by atoms with Crippen molar-refractivity contribution in [2.75, 3.05) is 0 Å². The van der Waals surface area contributed by atoms with Gasteiger partial charge in [-0.3, -0.25) is 0 Å². The fraction of sp³-hybridized carbons (Fsp3) is 0. The van der Waals surface area contributed by atoms with Crippen molar-refractivity contribution in [2.45, 2.75) is 0 Å². The SMILES string of the molecule is [2H]c1c([2H])c([2H])c(-c2c([2H])c([2H])c(-c3c4c([2H])c([2H])c([2H])c([2H])c4c(B(O)O)c4c([2H])c([2H])c([2H])c([2H])c34)c3c([2H])c([2H])c([2H])c([2H])c23)c([2H])c1[2H]. The minimum absolute atomic E-state index is 0.644. The van der Waals surface area contributed by atoms with Gasteiger partial charge in [0.1, 0.15) is 0 Å². The van der Waals surface area contributed by atoms with E-state index in [9.17, 15) is 12.8 Å². The van der Waals surface area contributed by atoms with Gasteiger partial charge in [0, 0.05) is 0 Å². The van der Waals surface area contributed by atoms with Crippen molar-refractivity contribution in [1.82, 2.24) is 0 Å². The Labute approximate surface area is 219 Å². The van der Waals surface area contributed by atoms with E-state index < -0.39 is 182 Å². The predicted molar refractivity (Wildman–Crippen MR) is 140 cm³/mol. The Morgan fingerprint density at radius 1 is 0.455 bits per heavy atom. The van der Waals surface area contributed by atoms with Crippen LogP contribution in [0.3, 0.4) is 0 Å². The highest BCUT2D eigenvalue weighted by atomic mass is 16.4. The summed E-state index contributed by atoms with van der Waals surface area (Å²) in [5.41, 5.74) is -3.47. The molecule has 2 nitrogen and oxygen atoms in total. The monoisotopic (exact) mass is 443 g/mol. The Morgan fingerprint density at radius 2 is 0.879 bits per heavy atom. The number of rotatable bonds is 3. The first-order chi connectivity index (χ1) is 24.1. The maximum atomic E-state index is 10.6. The molecule has 3 heteroatoms. The molecule has 0 bridgehead atoms. The van der Waals surface area contributed by atoms with E-state index >= 15 is 0 Å². The molecule has 0 saturated carbocycles. The quantitative estimate of drug-likeness (QED) is 0.254. The lowest BCUT2D eigenvalue weighted by Crippen LogP contribution is -2.31. The molecule has 2 N–H and O–H groups in total. The van der Waals surface area contributed by atoms with Gasteiger partial charge in [0.15, 0.2) is 0 Å². The van der Waals surface area contributed by atoms with Gasteiger partial charge in [-0.25, -0.2) is 0 Å². The molecule has 0 saturated heterocycles. The standard InChI is InChI=1S/C30H21BO2/c32-31(33)30-27-16-8-6-14-24(27)29(25-15-7-9-17-28(25)30)26-19-18-21(20-10-2-1-3-11-20)22-12-4-5-13-23(22)26/h1-19,32-33H/i1D,2D,3D,4D,5D,6D,7D,8D,9D,10D,11D,12D,13D,14D,15D,16D,17D,18D,19D. The van der Waals surface area contributed by atoms with Crippen LogP contribution in [0.5, 0.6) is 0 Å². The molecule has 0 heterocycles. The third kappa shape index (κ3) is 3.13. The molecule has 0 atom stereocenters. The summed E-state index contributed by atoms with van der Waals surface area (Å²) in [5, 5.41) is 17.3. The molecule has 0 aliphatic rings. The van der Waals surface area contributed by atoms with Gasteiger partial charge in [-0.1, -0.05) is 115 Å². The van der Waals surface area contributed by atoms with Gasteiger partial charge < -0.3 is 10.0 Å². The lowest BCUT2D eigenvalue weighted by Gasteiger charge is -2.19. The predicted octanol–water partition coefficient (Wildman–Crippen LogP) is 6.16. The summed E-state index contributed by atoms with van der Waals surface area (Å²) in [7, 11) is -2.61. The molecule has 0 amide bonds. The second kappa shape index (κ2) is 7.89. The highest BCUT2D eigenvalue weighted by molar-refractivity contribution is 6.66. The van der Waals surface area contributed by atoms with Gasteiger partial charge in [-0.15, -0.1) is 0 Å². The molecule has 6 aromatic carbocycles. The number of hydrogen-bond donors (Lipinski definition) is 2. The largest absolute Gasteiger partial charge is 0.489 e. The van der Waals surface area contributed by atoms with Gasteiger partial charge in [-0.05, 0) is 60.0 Å². The van der Waals surface area contributed by atoms with Gasteiger partial charge in [0.2, 0.25) is 0 Å². The number of hydrogen-bond acceptors (Lipinski definition) is 2. The van der Waals surface area contributed by atoms with E-state index in [0.717, 1.165) is 0 Å². The fourth-order valence-electron chi connectivity index (χ4n) is 3.85. The second-order valence-corrected chi connectivity index (χ2v) is 6.91. The molecule has 0 unspecified atom stereocenters. The average molecular weight is 443 g/mol. The summed E-state index contributed by atoms with van der Waals surface area (Å²) in [6.07, 6.45) is 0. The zero-order valence-electron chi connectivity index (χ0n) is 35.5. The smallest absolute Gasteiger partial charge is 0.423 e. The van der Waals surface area contributed by atoms with Crippen LogP contribution in [0.4, 0.5) is 0 Å². The molecule has 156 valence electrons. The van der Waals surface area contributed by atoms with Crippen LogP contribution < -0.4 is 5.46 Å². The maximum absolute atomic E-state index is 10.6. The number of fused-ring (bicyclic) bond motifs is 3. The highest BCUT2D eigenvalue weighted by Crippen LogP contribution is 2.41. The molecular formula is C30H21BO2. The van der Waals surface area contributed by atoms with E-state index in [1.165, 1.54) is 0 Å². The summed E-state index contributed by atoms with van der Waals surface area (Å²) < 4.78 is 164. The van der Waals surface area contributed by atoms with Crippen molar-refractivity contribution in [1.29, 1.82) is 0 Å². The van der Waals surface area contributed by atoms with Crippen molar-refractivity contribution < 1.29 is 36.1 Å². The highest BCUT2D eigenvalue weighted by Gasteiger charge is 2.23. The Kier molecular flexibility index (Phi) is 1.95. The van der Waals surface area contributed by atoms with Gasteiger partial charge in [0.25, 0.3) is 0 Å². The topological polar surface area (TPSA) is 40.5 Å². The Balaban J connectivity index is 2.10. The number of benzene rings is 6. The normalized spacial score (nSPS) is 19.4. The Bertz CT molecular complexity index is 2550. The first-order valence-electron chi connectivity index (χ1n) is 19.1. The zero-order valence-corrected chi connectivity index (χ0v) is 16.5. The van der Waals surface area contributed by atoms with E-state index in [-0.39, 0.29) is 0 Å². The van der Waals surface area contributed by atoms with Gasteiger partial charge >= 0.3 is 7.12 Å². The van der Waals surface area contributed by atoms with Crippen LogP contribution >= 0.6 is 0 Å². The van der Waals surface area contributed by atoms with Crippen molar-refractivity contribution in [3.63, 3.8) is 0 Å². The maximum Gasteiger partial charge on any atom is 0.489 e. The van der Waals surface area contributed by atoms with E-state index in [0.29, 0.717) is 0 Å². The van der Waals surface area contributed by atoms with Crippen molar-refractivity contribution in [3.8, 4) is 22.3 Å². The molecule has 0 fully saturated rings. The molecule has 0 spiro atoms. The molecule has 0 radical (unpaired) electrons. The summed E-state index contributed by atoms with van der Waals surface area (Å²) >= 11 is 0. The Morgan fingerprint density at radius 3 is 1.42 bits per heavy atom. The molecule has 33 heavy (non-hydrogen) atoms. The molecule has 0 aliphatic carbocycles. The molecule has 0 aliphatic heterocycles. The minimum atomic E-state index is -2.61. The van der Waals surface area contributed by atoms with E-state index in [2.05, 4.69) is 0 Å². The van der Waals surface area contributed by atoms with E-state index in [1.54, 1.807) is 0 Å². The molecule has 6 rings (SSSR count). The molecular weight excluding hydrogens is 403 g/mol. The van der Waals surface area contributed by atoms with Crippen molar-refractivity contribution >= 4 is 44.9 Å². The summed E-state index contributed by atoms with van der Waals surface area (Å²) in [5.74, 6) is 0. The lowest BCUT2D eigenvalue weighted by atomic mass is 9.72. The van der Waals surface area contributed by atoms with Gasteiger partial charge in [0.05, 0.1) is 26.0 Å². The summed E-state index contributed by atoms with van der Waals surface area (Å²) in [6, 6.07) is -17.0. The lowest BCUT2D eigenvalue weighted by molar-refractivity contribution is 0.426. The zero-order chi connectivity index (χ0) is 38.9. The third-order valence-electron chi connectivity index (χ3n) is 5.17. The minimum Gasteiger partial charge on any atom is -0.423 e. The van der Waals surface area contributed by atoms with Crippen LogP contribution in [0.25, 0.3) is 54.6 Å². The first kappa shape index (κ1) is 8.14. The second-order valence-electron chi connectivity index (χ2n) is 6.91. The van der Waals surface area contributed by atoms with E-state index in [1.807, 2.05) is 0 Å². The Hall–Kier alpha value is -3.92. The van der Waals surface area contributed by atoms with Crippen LogP contribution in [0.2, 0.25) is 0 Å². The summed E-state index contributed by atoms with van der Waals surface area (Å²) in [6.45, 7) is 0. The third-order valence-corrected chi connectivity index (χ3v) is 5.17.